The average molecular weight is 725 g/mol. The fourth-order valence-electron chi connectivity index (χ4n) is 2.37. The molecule has 0 aliphatic rings. The van der Waals surface area contributed by atoms with Crippen molar-refractivity contribution in [2.75, 3.05) is 0 Å². The van der Waals surface area contributed by atoms with E-state index in [1.54, 1.807) is 34.3 Å². The molecule has 234 valence electrons. The van der Waals surface area contributed by atoms with Crippen molar-refractivity contribution in [1.29, 1.82) is 0 Å². The summed E-state index contributed by atoms with van der Waals surface area (Å²) in [5, 5.41) is 4.86. The Morgan fingerprint density at radius 1 is 0.465 bits per heavy atom. The van der Waals surface area contributed by atoms with Crippen LogP contribution in [0.15, 0.2) is 52.5 Å². The van der Waals surface area contributed by atoms with Crippen LogP contribution in [0.2, 0.25) is 0 Å². The van der Waals surface area contributed by atoms with E-state index in [1.165, 1.54) is 18.2 Å². The topological polar surface area (TPSA) is 128 Å². The second kappa shape index (κ2) is 17.4. The molecule has 0 saturated carbocycles. The predicted molar refractivity (Wildman–Crippen MR) is 144 cm³/mol. The molecular weight excluding hydrogens is 703 g/mol. The number of carbonyl (C=O) groups excluding carboxylic acids is 6. The van der Waals surface area contributed by atoms with Crippen LogP contribution in [0.5, 0.6) is 0 Å². The summed E-state index contributed by atoms with van der Waals surface area (Å²) < 4.78 is 107. The first kappa shape index (κ1) is 40.0. The van der Waals surface area contributed by atoms with Crippen LogP contribution >= 0.6 is 34.0 Å². The Hall–Kier alpha value is -2.98. The minimum absolute atomic E-state index is 0. The average Bonchev–Trinajstić information content (AvgIpc) is 3.66. The van der Waals surface area contributed by atoms with Gasteiger partial charge in [-0.1, -0.05) is 18.2 Å². The molecule has 0 unspecified atom stereocenters. The van der Waals surface area contributed by atoms with E-state index in [2.05, 4.69) is 0 Å². The van der Waals surface area contributed by atoms with Crippen molar-refractivity contribution >= 4 is 68.7 Å². The number of ketones is 6. The van der Waals surface area contributed by atoms with E-state index in [0.29, 0.717) is 14.6 Å². The van der Waals surface area contributed by atoms with Crippen LogP contribution in [-0.4, -0.2) is 82.0 Å². The molecule has 0 amide bonds. The molecule has 3 rings (SSSR count). The van der Waals surface area contributed by atoms with Gasteiger partial charge in [0.2, 0.25) is 0 Å². The van der Waals surface area contributed by atoms with Gasteiger partial charge < -0.3 is 0 Å². The third kappa shape index (κ3) is 14.8. The number of alkyl halides is 9. The van der Waals surface area contributed by atoms with Gasteiger partial charge in [0.1, 0.15) is 14.6 Å². The molecule has 0 aliphatic carbocycles. The zero-order valence-corrected chi connectivity index (χ0v) is 24.8. The second-order valence-electron chi connectivity index (χ2n) is 7.64. The molecule has 3 heterocycles. The quantitative estimate of drug-likeness (QED) is 0.105. The first-order chi connectivity index (χ1) is 19.2. The molecule has 0 saturated heterocycles. The molecule has 0 fully saturated rings. The Labute approximate surface area is 258 Å². The fourth-order valence-corrected chi connectivity index (χ4v) is 4.37. The SMILES string of the molecule is [Cr].[OH+]=C(CC(=[OH+])C(F)(F)F)c1cccs1.[OH+]=C(CC(=[OH+])C(F)(F)F)c1cccs1.[OH+]=C(CC(=[OH+])C(F)(F)F)c1cccs1. The molecule has 0 atom stereocenters. The van der Waals surface area contributed by atoms with Gasteiger partial charge in [0, 0.05) is 17.4 Å². The number of hydrogen-bond acceptors (Lipinski definition) is 3. The van der Waals surface area contributed by atoms with Gasteiger partial charge in [0.15, 0.2) is 19.3 Å². The van der Waals surface area contributed by atoms with Crippen molar-refractivity contribution in [3.8, 4) is 0 Å². The molecule has 0 aromatic carbocycles. The van der Waals surface area contributed by atoms with Gasteiger partial charge in [-0.2, -0.15) is 39.5 Å². The van der Waals surface area contributed by atoms with Crippen molar-refractivity contribution in [2.45, 2.75) is 37.8 Å². The summed E-state index contributed by atoms with van der Waals surface area (Å²) in [4.78, 5) is 54.2. The van der Waals surface area contributed by atoms with Crippen LogP contribution in [0.4, 0.5) is 39.5 Å². The Kier molecular flexibility index (Phi) is 16.1. The summed E-state index contributed by atoms with van der Waals surface area (Å²) in [5.41, 5.74) is 0. The molecule has 3 aromatic heterocycles. The summed E-state index contributed by atoms with van der Waals surface area (Å²) in [5.74, 6) is -6.50. The first-order valence-corrected chi connectivity index (χ1v) is 13.5. The number of hydrogen-bond donors (Lipinski definition) is 0. The van der Waals surface area contributed by atoms with Gasteiger partial charge >= 0.3 is 53.2 Å². The monoisotopic (exact) mass is 724 g/mol. The van der Waals surface area contributed by atoms with Crippen LogP contribution in [0, 0.1) is 0 Å². The van der Waals surface area contributed by atoms with Crippen LogP contribution in [0.3, 0.4) is 0 Å². The van der Waals surface area contributed by atoms with Gasteiger partial charge in [0.05, 0.1) is 0 Å². The molecule has 6 N–H and O–H groups in total. The van der Waals surface area contributed by atoms with Gasteiger partial charge in [-0.05, 0) is 34.3 Å². The van der Waals surface area contributed by atoms with Crippen LogP contribution in [0.1, 0.15) is 33.9 Å². The molecule has 0 radical (unpaired) electrons. The van der Waals surface area contributed by atoms with Gasteiger partial charge in [-0.3, -0.25) is 28.8 Å². The maximum absolute atomic E-state index is 11.8. The largest absolute Gasteiger partial charge is 0.505 e. The number of halogens is 9. The van der Waals surface area contributed by atoms with Crippen molar-refractivity contribution in [1.82, 2.24) is 0 Å². The molecule has 6 nitrogen and oxygen atoms in total. The minimum Gasteiger partial charge on any atom is -0.276 e. The Morgan fingerprint density at radius 3 is 0.814 bits per heavy atom. The zero-order valence-electron chi connectivity index (χ0n) is 21.0. The Balaban J connectivity index is 0.000000608. The first-order valence-electron chi connectivity index (χ1n) is 10.8. The van der Waals surface area contributed by atoms with E-state index in [-0.39, 0.29) is 17.4 Å². The van der Waals surface area contributed by atoms with Crippen molar-refractivity contribution < 1.29 is 85.6 Å². The van der Waals surface area contributed by atoms with E-state index in [0.717, 1.165) is 34.0 Å². The van der Waals surface area contributed by atoms with Crippen LogP contribution in [0.25, 0.3) is 0 Å². The predicted octanol–water partition coefficient (Wildman–Crippen LogP) is 6.41. The molecular formula is C24H21CrF9O6S3+6. The molecule has 19 heteroatoms. The summed E-state index contributed by atoms with van der Waals surface area (Å²) in [6.07, 6.45) is -17.0. The van der Waals surface area contributed by atoms with E-state index >= 15 is 0 Å². The summed E-state index contributed by atoms with van der Waals surface area (Å²) in [6.45, 7) is 0. The molecule has 0 bridgehead atoms. The maximum Gasteiger partial charge on any atom is 0.505 e. The third-order valence-corrected chi connectivity index (χ3v) is 7.16. The smallest absolute Gasteiger partial charge is 0.276 e. The zero-order chi connectivity index (χ0) is 32.3. The Bertz CT molecular complexity index is 1190. The van der Waals surface area contributed by atoms with Gasteiger partial charge in [0.25, 0.3) is 0 Å². The second-order valence-corrected chi connectivity index (χ2v) is 10.5. The minimum atomic E-state index is -4.77. The molecule has 43 heavy (non-hydrogen) atoms. The van der Waals surface area contributed by atoms with E-state index < -0.39 is 72.5 Å². The maximum atomic E-state index is 11.8. The summed E-state index contributed by atoms with van der Waals surface area (Å²) >= 11 is 3.31. The standard InChI is InChI=1S/3C8H5F3O2S.Cr/c3*9-8(10,11)7(13)4-5(12)6-2-1-3-14-6;/h3*1-3H,4H2;/p+6. The summed E-state index contributed by atoms with van der Waals surface area (Å²) in [7, 11) is 0. The molecule has 0 aliphatic heterocycles. The van der Waals surface area contributed by atoms with Gasteiger partial charge in [-0.15, -0.1) is 34.0 Å². The normalized spacial score (nSPS) is 11.1. The van der Waals surface area contributed by atoms with Crippen molar-refractivity contribution in [2.24, 2.45) is 0 Å². The van der Waals surface area contributed by atoms with Crippen LogP contribution in [-0.2, 0) is 17.4 Å². The molecule has 0 spiro atoms. The van der Waals surface area contributed by atoms with Crippen molar-refractivity contribution in [3.05, 3.63) is 67.2 Å². The summed E-state index contributed by atoms with van der Waals surface area (Å²) in [6, 6.07) is 9.22. The van der Waals surface area contributed by atoms with E-state index in [1.807, 2.05) is 0 Å². The van der Waals surface area contributed by atoms with Gasteiger partial charge in [-0.25, -0.2) is 0 Å². The van der Waals surface area contributed by atoms with Crippen LogP contribution < -0.4 is 0 Å². The third-order valence-electron chi connectivity index (χ3n) is 4.40. The Morgan fingerprint density at radius 2 is 0.674 bits per heavy atom. The molecule has 3 aromatic rings. The number of rotatable bonds is 9. The van der Waals surface area contributed by atoms with E-state index in [4.69, 9.17) is 14.4 Å². The van der Waals surface area contributed by atoms with Crippen molar-refractivity contribution in [3.63, 3.8) is 0 Å². The number of thiophene rings is 3. The fraction of sp³-hybridized carbons (Fsp3) is 0.250. The van der Waals surface area contributed by atoms with E-state index in [9.17, 15) is 53.9 Å².